The van der Waals surface area contributed by atoms with Gasteiger partial charge in [-0.15, -0.1) is 0 Å². The van der Waals surface area contributed by atoms with Gasteiger partial charge in [0.05, 0.1) is 6.04 Å². The molecule has 0 heterocycles. The fourth-order valence-electron chi connectivity index (χ4n) is 1.50. The highest BCUT2D eigenvalue weighted by Gasteiger charge is 2.22. The molecule has 0 aromatic rings. The van der Waals surface area contributed by atoms with Gasteiger partial charge in [-0.3, -0.25) is 4.79 Å². The lowest BCUT2D eigenvalue weighted by Crippen LogP contribution is -2.45. The molecule has 0 radical (unpaired) electrons. The number of hydrogen-bond donors (Lipinski definition) is 2. The first-order valence-corrected chi connectivity index (χ1v) is 6.16. The summed E-state index contributed by atoms with van der Waals surface area (Å²) in [5.74, 6) is 0.255. The number of nitrogens with two attached hydrogens (primary N) is 1. The van der Waals surface area contributed by atoms with E-state index in [1.165, 1.54) is 0 Å². The Balaban J connectivity index is 3.88. The van der Waals surface area contributed by atoms with Crippen molar-refractivity contribution >= 4 is 5.91 Å². The number of carbonyl (C=O) groups excluding carboxylic acids is 1. The Labute approximate surface area is 98.8 Å². The molecule has 0 saturated carbocycles. The predicted octanol–water partition coefficient (Wildman–Crippen LogP) is 0.981. The lowest BCUT2D eigenvalue weighted by Gasteiger charge is -2.24. The van der Waals surface area contributed by atoms with Crippen molar-refractivity contribution in [3.05, 3.63) is 0 Å². The fourth-order valence-corrected chi connectivity index (χ4v) is 1.50. The first kappa shape index (κ1) is 15.4. The molecule has 0 bridgehead atoms. The van der Waals surface area contributed by atoms with Crippen LogP contribution >= 0.6 is 0 Å². The van der Waals surface area contributed by atoms with Crippen LogP contribution in [0.4, 0.5) is 0 Å². The van der Waals surface area contributed by atoms with Gasteiger partial charge in [-0.05, 0) is 25.2 Å². The zero-order valence-electron chi connectivity index (χ0n) is 10.8. The molecule has 96 valence electrons. The van der Waals surface area contributed by atoms with Gasteiger partial charge in [-0.2, -0.15) is 0 Å². The fraction of sp³-hybridized carbons (Fsp3) is 0.917. The number of hydrogen-bond acceptors (Lipinski definition) is 3. The van der Waals surface area contributed by atoms with Crippen molar-refractivity contribution in [1.29, 1.82) is 0 Å². The van der Waals surface area contributed by atoms with E-state index in [0.717, 1.165) is 32.2 Å². The molecule has 0 aliphatic carbocycles. The molecule has 0 aromatic heterocycles. The third-order valence-corrected chi connectivity index (χ3v) is 3.07. The second-order valence-corrected chi connectivity index (χ2v) is 4.46. The van der Waals surface area contributed by atoms with E-state index < -0.39 is 0 Å². The molecule has 0 spiro atoms. The maximum atomic E-state index is 11.9. The number of amides is 1. The summed E-state index contributed by atoms with van der Waals surface area (Å²) >= 11 is 0. The summed E-state index contributed by atoms with van der Waals surface area (Å²) in [4.78, 5) is 13.6. The van der Waals surface area contributed by atoms with Crippen molar-refractivity contribution in [2.24, 2.45) is 11.7 Å². The number of unbranched alkanes of at least 4 members (excludes halogenated alkanes) is 2. The maximum absolute atomic E-state index is 11.9. The first-order valence-electron chi connectivity index (χ1n) is 6.16. The van der Waals surface area contributed by atoms with Crippen LogP contribution in [0.3, 0.4) is 0 Å². The van der Waals surface area contributed by atoms with Crippen molar-refractivity contribution in [3.8, 4) is 0 Å². The van der Waals surface area contributed by atoms with Crippen molar-refractivity contribution in [3.63, 3.8) is 0 Å². The molecule has 1 amide bonds. The number of likely N-dealkylation sites (N-methyl/N-ethyl adjacent to an activating group) is 1. The third kappa shape index (κ3) is 5.47. The molecule has 0 fully saturated rings. The summed E-state index contributed by atoms with van der Waals surface area (Å²) in [5.41, 5.74) is 5.87. The summed E-state index contributed by atoms with van der Waals surface area (Å²) < 4.78 is 0. The molecule has 3 N–H and O–H groups in total. The average Bonchev–Trinajstić information content (AvgIpc) is 2.31. The Bertz CT molecular complexity index is 197. The second kappa shape index (κ2) is 8.53. The van der Waals surface area contributed by atoms with Gasteiger partial charge in [0.2, 0.25) is 5.91 Å². The minimum absolute atomic E-state index is 0.0262. The number of carbonyl (C=O) groups is 1. The molecule has 4 heteroatoms. The lowest BCUT2D eigenvalue weighted by atomic mass is 9.99. The summed E-state index contributed by atoms with van der Waals surface area (Å²) in [6, 6.07) is -0.382. The molecule has 0 rings (SSSR count). The summed E-state index contributed by atoms with van der Waals surface area (Å²) in [6.07, 6.45) is 3.60. The van der Waals surface area contributed by atoms with Gasteiger partial charge in [0, 0.05) is 20.2 Å². The molecule has 0 aliphatic rings. The van der Waals surface area contributed by atoms with E-state index in [1.807, 2.05) is 13.8 Å². The van der Waals surface area contributed by atoms with Gasteiger partial charge >= 0.3 is 0 Å². The monoisotopic (exact) mass is 230 g/mol. The smallest absolute Gasteiger partial charge is 0.239 e. The van der Waals surface area contributed by atoms with Crippen LogP contribution < -0.4 is 5.73 Å². The first-order chi connectivity index (χ1) is 7.54. The summed E-state index contributed by atoms with van der Waals surface area (Å²) in [7, 11) is 1.80. The second-order valence-electron chi connectivity index (χ2n) is 4.46. The largest absolute Gasteiger partial charge is 0.396 e. The molecule has 0 saturated heterocycles. The van der Waals surface area contributed by atoms with Crippen LogP contribution in [-0.4, -0.2) is 42.2 Å². The van der Waals surface area contributed by atoms with Crippen LogP contribution in [0, 0.1) is 5.92 Å². The van der Waals surface area contributed by atoms with Crippen molar-refractivity contribution in [2.75, 3.05) is 20.2 Å². The van der Waals surface area contributed by atoms with Crippen LogP contribution in [0.2, 0.25) is 0 Å². The van der Waals surface area contributed by atoms with E-state index in [2.05, 4.69) is 0 Å². The SMILES string of the molecule is CCC(C)C(N)C(=O)N(C)CCCCCO. The van der Waals surface area contributed by atoms with E-state index in [0.29, 0.717) is 0 Å². The Morgan fingerprint density at radius 3 is 2.50 bits per heavy atom. The van der Waals surface area contributed by atoms with Gasteiger partial charge in [-0.25, -0.2) is 0 Å². The molecule has 2 atom stereocenters. The zero-order chi connectivity index (χ0) is 12.6. The Morgan fingerprint density at radius 1 is 1.38 bits per heavy atom. The molecule has 0 aromatic carbocycles. The summed E-state index contributed by atoms with van der Waals surface area (Å²) in [6.45, 7) is 4.99. The van der Waals surface area contributed by atoms with Crippen LogP contribution in [0.5, 0.6) is 0 Å². The quantitative estimate of drug-likeness (QED) is 0.611. The van der Waals surface area contributed by atoms with Crippen molar-refractivity contribution in [2.45, 2.75) is 45.6 Å². The molecule has 4 nitrogen and oxygen atoms in total. The normalized spacial score (nSPS) is 14.6. The van der Waals surface area contributed by atoms with Crippen LogP contribution in [0.25, 0.3) is 0 Å². The lowest BCUT2D eigenvalue weighted by molar-refractivity contribution is -0.132. The highest BCUT2D eigenvalue weighted by Crippen LogP contribution is 2.08. The average molecular weight is 230 g/mol. The van der Waals surface area contributed by atoms with E-state index in [-0.39, 0.29) is 24.5 Å². The molecular weight excluding hydrogens is 204 g/mol. The standard InChI is InChI=1S/C12H26N2O2/c1-4-10(2)11(13)12(16)14(3)8-6-5-7-9-15/h10-11,15H,4-9,13H2,1-3H3. The highest BCUT2D eigenvalue weighted by atomic mass is 16.2. The Hall–Kier alpha value is -0.610. The minimum atomic E-state index is -0.382. The van der Waals surface area contributed by atoms with Gasteiger partial charge in [0.1, 0.15) is 0 Å². The zero-order valence-corrected chi connectivity index (χ0v) is 10.8. The number of rotatable bonds is 8. The van der Waals surface area contributed by atoms with E-state index in [4.69, 9.17) is 10.8 Å². The highest BCUT2D eigenvalue weighted by molar-refractivity contribution is 5.81. The molecule has 0 aliphatic heterocycles. The van der Waals surface area contributed by atoms with Crippen LogP contribution in [0.1, 0.15) is 39.5 Å². The summed E-state index contributed by atoms with van der Waals surface area (Å²) in [5, 5.41) is 8.63. The van der Waals surface area contributed by atoms with Crippen molar-refractivity contribution < 1.29 is 9.90 Å². The number of aliphatic hydroxyl groups excluding tert-OH is 1. The molecular formula is C12H26N2O2. The molecule has 16 heavy (non-hydrogen) atoms. The van der Waals surface area contributed by atoms with E-state index >= 15 is 0 Å². The Kier molecular flexibility index (Phi) is 8.21. The number of nitrogens with zero attached hydrogens (tertiary/aromatic N) is 1. The van der Waals surface area contributed by atoms with Gasteiger partial charge in [0.25, 0.3) is 0 Å². The predicted molar refractivity (Wildman–Crippen MR) is 66.0 cm³/mol. The maximum Gasteiger partial charge on any atom is 0.239 e. The van der Waals surface area contributed by atoms with Crippen LogP contribution in [0.15, 0.2) is 0 Å². The van der Waals surface area contributed by atoms with E-state index in [9.17, 15) is 4.79 Å². The topological polar surface area (TPSA) is 66.6 Å². The minimum Gasteiger partial charge on any atom is -0.396 e. The van der Waals surface area contributed by atoms with Gasteiger partial charge < -0.3 is 15.7 Å². The third-order valence-electron chi connectivity index (χ3n) is 3.07. The Morgan fingerprint density at radius 2 is 2.00 bits per heavy atom. The number of aliphatic hydroxyl groups is 1. The van der Waals surface area contributed by atoms with Gasteiger partial charge in [-0.1, -0.05) is 20.3 Å². The molecule has 2 unspecified atom stereocenters. The van der Waals surface area contributed by atoms with Crippen molar-refractivity contribution in [1.82, 2.24) is 4.90 Å². The van der Waals surface area contributed by atoms with Crippen LogP contribution in [-0.2, 0) is 4.79 Å². The van der Waals surface area contributed by atoms with E-state index in [1.54, 1.807) is 11.9 Å². The van der Waals surface area contributed by atoms with Gasteiger partial charge in [0.15, 0.2) is 0 Å².